The van der Waals surface area contributed by atoms with E-state index in [4.69, 9.17) is 0 Å². The molecule has 2 aliphatic rings. The second-order valence-electron chi connectivity index (χ2n) is 6.46. The van der Waals surface area contributed by atoms with Crippen LogP contribution < -0.4 is 0 Å². The number of benzene rings is 1. The van der Waals surface area contributed by atoms with Crippen LogP contribution in [0.2, 0.25) is 0 Å². The molecule has 2 saturated heterocycles. The van der Waals surface area contributed by atoms with Crippen molar-refractivity contribution >= 4 is 16.1 Å². The van der Waals surface area contributed by atoms with Crippen molar-refractivity contribution in [3.8, 4) is 0 Å². The summed E-state index contributed by atoms with van der Waals surface area (Å²) in [5.74, 6) is -0.0696. The third kappa shape index (κ3) is 3.96. The zero-order valence-corrected chi connectivity index (χ0v) is 14.7. The molecule has 132 valence electrons. The van der Waals surface area contributed by atoms with E-state index in [9.17, 15) is 13.2 Å². The molecule has 6 nitrogen and oxygen atoms in total. The number of amides is 1. The number of piperidine rings is 1. The zero-order chi connectivity index (χ0) is 17.0. The molecular formula is C17H25N3O3S. The maximum absolute atomic E-state index is 12.8. The lowest BCUT2D eigenvalue weighted by molar-refractivity contribution is -0.132. The van der Waals surface area contributed by atoms with Gasteiger partial charge in [-0.15, -0.1) is 0 Å². The van der Waals surface area contributed by atoms with Crippen molar-refractivity contribution in [2.45, 2.75) is 32.2 Å². The fourth-order valence-electron chi connectivity index (χ4n) is 3.32. The average Bonchev–Trinajstić information content (AvgIpc) is 2.60. The molecule has 2 heterocycles. The number of carbonyl (C=O) groups is 1. The van der Waals surface area contributed by atoms with Crippen LogP contribution in [0.5, 0.6) is 0 Å². The summed E-state index contributed by atoms with van der Waals surface area (Å²) in [5.41, 5.74) is 0.963. The number of hydrogen-bond acceptors (Lipinski definition) is 3. The molecule has 0 saturated carbocycles. The molecule has 0 unspecified atom stereocenters. The number of rotatable bonds is 4. The molecular weight excluding hydrogens is 326 g/mol. The van der Waals surface area contributed by atoms with Crippen molar-refractivity contribution in [3.05, 3.63) is 35.9 Å². The Labute approximate surface area is 144 Å². The van der Waals surface area contributed by atoms with Gasteiger partial charge in [-0.3, -0.25) is 4.79 Å². The Bertz CT molecular complexity index is 657. The Kier molecular flexibility index (Phi) is 5.53. The first kappa shape index (κ1) is 17.4. The minimum atomic E-state index is -3.58. The third-order valence-corrected chi connectivity index (χ3v) is 6.62. The van der Waals surface area contributed by atoms with E-state index in [1.165, 1.54) is 8.61 Å². The van der Waals surface area contributed by atoms with Crippen molar-refractivity contribution in [1.29, 1.82) is 0 Å². The first-order chi connectivity index (χ1) is 11.6. The zero-order valence-electron chi connectivity index (χ0n) is 13.9. The van der Waals surface area contributed by atoms with E-state index in [0.29, 0.717) is 19.6 Å². The summed E-state index contributed by atoms with van der Waals surface area (Å²) in [4.78, 5) is 14.2. The summed E-state index contributed by atoms with van der Waals surface area (Å²) in [5, 5.41) is 0. The van der Waals surface area contributed by atoms with Crippen LogP contribution in [0.3, 0.4) is 0 Å². The van der Waals surface area contributed by atoms with Crippen LogP contribution in [0.1, 0.15) is 31.2 Å². The van der Waals surface area contributed by atoms with E-state index < -0.39 is 10.2 Å². The minimum Gasteiger partial charge on any atom is -0.342 e. The quantitative estimate of drug-likeness (QED) is 0.825. The summed E-state index contributed by atoms with van der Waals surface area (Å²) in [7, 11) is -3.58. The summed E-state index contributed by atoms with van der Waals surface area (Å²) in [6.07, 6.45) is 3.92. The maximum Gasteiger partial charge on any atom is 0.282 e. The van der Waals surface area contributed by atoms with E-state index in [1.807, 2.05) is 30.3 Å². The van der Waals surface area contributed by atoms with Crippen molar-refractivity contribution in [3.63, 3.8) is 0 Å². The first-order valence-corrected chi connectivity index (χ1v) is 10.0. The van der Waals surface area contributed by atoms with Gasteiger partial charge in [0.15, 0.2) is 0 Å². The number of likely N-dealkylation sites (tertiary alicyclic amines) is 1. The lowest BCUT2D eigenvalue weighted by Crippen LogP contribution is -2.53. The summed E-state index contributed by atoms with van der Waals surface area (Å²) < 4.78 is 28.5. The molecule has 2 aliphatic heterocycles. The van der Waals surface area contributed by atoms with E-state index in [2.05, 4.69) is 0 Å². The molecule has 2 fully saturated rings. The van der Waals surface area contributed by atoms with Crippen molar-refractivity contribution in [2.75, 3.05) is 32.7 Å². The van der Waals surface area contributed by atoms with Gasteiger partial charge >= 0.3 is 0 Å². The number of hydrogen-bond donors (Lipinski definition) is 0. The van der Waals surface area contributed by atoms with Gasteiger partial charge in [-0.25, -0.2) is 0 Å². The number of carbonyl (C=O) groups excluding carboxylic acids is 1. The van der Waals surface area contributed by atoms with E-state index in [1.54, 1.807) is 4.90 Å². The van der Waals surface area contributed by atoms with Crippen LogP contribution in [0, 0.1) is 0 Å². The highest BCUT2D eigenvalue weighted by Gasteiger charge is 2.35. The van der Waals surface area contributed by atoms with Crippen LogP contribution in [-0.4, -0.2) is 60.6 Å². The van der Waals surface area contributed by atoms with Crippen LogP contribution in [0.25, 0.3) is 0 Å². The molecule has 0 aromatic heterocycles. The van der Waals surface area contributed by atoms with Crippen LogP contribution >= 0.6 is 0 Å². The fraction of sp³-hybridized carbons (Fsp3) is 0.588. The molecule has 3 rings (SSSR count). The molecule has 24 heavy (non-hydrogen) atoms. The third-order valence-electron chi connectivity index (χ3n) is 4.69. The molecule has 1 aromatic carbocycles. The van der Waals surface area contributed by atoms with Crippen molar-refractivity contribution < 1.29 is 13.2 Å². The van der Waals surface area contributed by atoms with Gasteiger partial charge in [0, 0.05) is 32.7 Å². The second-order valence-corrected chi connectivity index (χ2v) is 8.38. The van der Waals surface area contributed by atoms with Gasteiger partial charge in [0.25, 0.3) is 10.2 Å². The molecule has 0 spiro atoms. The van der Waals surface area contributed by atoms with Crippen LogP contribution in [0.15, 0.2) is 30.3 Å². The average molecular weight is 351 g/mol. The summed E-state index contributed by atoms with van der Waals surface area (Å²) >= 11 is 0. The largest absolute Gasteiger partial charge is 0.342 e. The van der Waals surface area contributed by atoms with E-state index >= 15 is 0 Å². The molecule has 0 aliphatic carbocycles. The Morgan fingerprint density at radius 3 is 2.25 bits per heavy atom. The fourth-order valence-corrected chi connectivity index (χ4v) is 4.95. The van der Waals surface area contributed by atoms with Gasteiger partial charge in [0.2, 0.25) is 5.91 Å². The van der Waals surface area contributed by atoms with Crippen molar-refractivity contribution in [2.24, 2.45) is 0 Å². The predicted octanol–water partition coefficient (Wildman–Crippen LogP) is 1.45. The van der Waals surface area contributed by atoms with Gasteiger partial charge < -0.3 is 4.90 Å². The standard InChI is InChI=1S/C17H25N3O3S/c21-17(18-10-5-2-6-11-18)15-20-13-7-12-19(24(20,22)23)14-16-8-3-1-4-9-16/h1,3-4,8-9H,2,5-7,10-15H2. The van der Waals surface area contributed by atoms with Crippen LogP contribution in [-0.2, 0) is 21.5 Å². The lowest BCUT2D eigenvalue weighted by Gasteiger charge is -2.36. The highest BCUT2D eigenvalue weighted by atomic mass is 32.2. The Morgan fingerprint density at radius 1 is 0.875 bits per heavy atom. The van der Waals surface area contributed by atoms with Gasteiger partial charge in [0.1, 0.15) is 0 Å². The molecule has 7 heteroatoms. The van der Waals surface area contributed by atoms with Gasteiger partial charge in [-0.1, -0.05) is 30.3 Å². The molecule has 0 bridgehead atoms. The Balaban J connectivity index is 1.66. The van der Waals surface area contributed by atoms with E-state index in [0.717, 1.165) is 44.3 Å². The molecule has 1 amide bonds. The molecule has 0 atom stereocenters. The first-order valence-electron chi connectivity index (χ1n) is 8.64. The maximum atomic E-state index is 12.8. The van der Waals surface area contributed by atoms with Crippen LogP contribution in [0.4, 0.5) is 0 Å². The highest BCUT2D eigenvalue weighted by Crippen LogP contribution is 2.20. The second kappa shape index (κ2) is 7.63. The molecule has 1 aromatic rings. The molecule has 0 radical (unpaired) electrons. The smallest absolute Gasteiger partial charge is 0.282 e. The summed E-state index contributed by atoms with van der Waals surface area (Å²) in [6, 6.07) is 9.57. The topological polar surface area (TPSA) is 60.9 Å². The highest BCUT2D eigenvalue weighted by molar-refractivity contribution is 7.86. The Morgan fingerprint density at radius 2 is 1.54 bits per heavy atom. The van der Waals surface area contributed by atoms with Gasteiger partial charge in [-0.2, -0.15) is 17.0 Å². The lowest BCUT2D eigenvalue weighted by atomic mass is 10.1. The normalized spacial score (nSPS) is 22.4. The monoisotopic (exact) mass is 351 g/mol. The summed E-state index contributed by atoms with van der Waals surface area (Å²) in [6.45, 7) is 2.75. The Hall–Kier alpha value is -1.44. The minimum absolute atomic E-state index is 0.0341. The predicted molar refractivity (Wildman–Crippen MR) is 92.4 cm³/mol. The SMILES string of the molecule is O=C(CN1CCCN(Cc2ccccc2)S1(=O)=O)N1CCCCC1. The van der Waals surface area contributed by atoms with E-state index in [-0.39, 0.29) is 12.5 Å². The number of nitrogens with zero attached hydrogens (tertiary/aromatic N) is 3. The van der Waals surface area contributed by atoms with Gasteiger partial charge in [0.05, 0.1) is 6.54 Å². The molecule has 0 N–H and O–H groups in total. The van der Waals surface area contributed by atoms with Crippen molar-refractivity contribution in [1.82, 2.24) is 13.5 Å². The van der Waals surface area contributed by atoms with Gasteiger partial charge in [-0.05, 0) is 31.2 Å².